The first-order valence-electron chi connectivity index (χ1n) is 9.18. The van der Waals surface area contributed by atoms with E-state index in [9.17, 15) is 9.18 Å². The Balaban J connectivity index is 1.42. The Hall–Kier alpha value is -2.74. The van der Waals surface area contributed by atoms with Crippen molar-refractivity contribution in [3.63, 3.8) is 0 Å². The van der Waals surface area contributed by atoms with Crippen LogP contribution in [0.15, 0.2) is 28.9 Å². The molecule has 0 radical (unpaired) electrons. The fourth-order valence-electron chi connectivity index (χ4n) is 3.57. The van der Waals surface area contributed by atoms with Crippen LogP contribution in [0.4, 0.5) is 4.39 Å². The summed E-state index contributed by atoms with van der Waals surface area (Å²) < 4.78 is 21.0. The summed E-state index contributed by atoms with van der Waals surface area (Å²) in [5.74, 6) is 1.41. The lowest BCUT2D eigenvalue weighted by Gasteiger charge is -2.33. The van der Waals surface area contributed by atoms with Gasteiger partial charge in [-0.2, -0.15) is 0 Å². The van der Waals surface area contributed by atoms with Crippen LogP contribution in [0.1, 0.15) is 53.6 Å². The van der Waals surface area contributed by atoms with Gasteiger partial charge in [0.05, 0.1) is 16.8 Å². The quantitative estimate of drug-likeness (QED) is 0.666. The first-order valence-corrected chi connectivity index (χ1v) is 9.55. The number of oxazole rings is 1. The van der Waals surface area contributed by atoms with Crippen LogP contribution in [0.2, 0.25) is 5.02 Å². The second kappa shape index (κ2) is 6.41. The van der Waals surface area contributed by atoms with Crippen molar-refractivity contribution in [2.75, 3.05) is 6.54 Å². The van der Waals surface area contributed by atoms with Crippen molar-refractivity contribution < 1.29 is 13.6 Å². The van der Waals surface area contributed by atoms with E-state index in [2.05, 4.69) is 15.2 Å². The van der Waals surface area contributed by atoms with Gasteiger partial charge in [-0.25, -0.2) is 9.37 Å². The monoisotopic (exact) mass is 401 g/mol. The van der Waals surface area contributed by atoms with E-state index < -0.39 is 5.82 Å². The zero-order valence-electron chi connectivity index (χ0n) is 15.1. The van der Waals surface area contributed by atoms with Gasteiger partial charge < -0.3 is 13.9 Å². The van der Waals surface area contributed by atoms with Gasteiger partial charge in [0.2, 0.25) is 5.82 Å². The molecule has 5 rings (SSSR count). The molecule has 1 fully saturated rings. The number of carbonyl (C=O) groups is 1. The Bertz CT molecular complexity index is 1070. The van der Waals surface area contributed by atoms with E-state index in [4.69, 9.17) is 16.0 Å². The molecule has 3 heterocycles. The van der Waals surface area contributed by atoms with E-state index in [-0.39, 0.29) is 17.0 Å². The van der Waals surface area contributed by atoms with Crippen molar-refractivity contribution >= 4 is 17.5 Å². The van der Waals surface area contributed by atoms with Crippen LogP contribution in [0.5, 0.6) is 0 Å². The lowest BCUT2D eigenvalue weighted by molar-refractivity contribution is 0.0638. The molecule has 1 aromatic carbocycles. The molecule has 0 saturated heterocycles. The summed E-state index contributed by atoms with van der Waals surface area (Å²) in [5, 5.41) is 8.45. The third kappa shape index (κ3) is 2.79. The van der Waals surface area contributed by atoms with E-state index in [1.54, 1.807) is 11.2 Å². The van der Waals surface area contributed by atoms with Crippen molar-refractivity contribution in [1.82, 2.24) is 24.6 Å². The molecule has 7 nitrogen and oxygen atoms in total. The van der Waals surface area contributed by atoms with Gasteiger partial charge in [0.1, 0.15) is 12.1 Å². The van der Waals surface area contributed by atoms with E-state index in [1.165, 1.54) is 18.2 Å². The van der Waals surface area contributed by atoms with Crippen molar-refractivity contribution in [3.05, 3.63) is 52.4 Å². The zero-order chi connectivity index (χ0) is 19.4. The molecule has 144 valence electrons. The average molecular weight is 402 g/mol. The maximum atomic E-state index is 13.4. The Morgan fingerprint density at radius 2 is 2.11 bits per heavy atom. The highest BCUT2D eigenvalue weighted by Gasteiger charge is 2.34. The topological polar surface area (TPSA) is 77.1 Å². The second-order valence-corrected chi connectivity index (χ2v) is 7.60. The SMILES string of the molecule is CC1c2nnc(-c3nc(C4CC4)co3)n2CCN1C(=O)c1ccc(F)c(Cl)c1. The summed E-state index contributed by atoms with van der Waals surface area (Å²) in [6.45, 7) is 2.87. The van der Waals surface area contributed by atoms with E-state index in [0.717, 1.165) is 18.5 Å². The predicted octanol–water partition coefficient (Wildman–Crippen LogP) is 3.82. The van der Waals surface area contributed by atoms with Crippen LogP contribution < -0.4 is 0 Å². The van der Waals surface area contributed by atoms with Gasteiger partial charge in [-0.1, -0.05) is 11.6 Å². The molecular formula is C19H17ClFN5O2. The minimum Gasteiger partial charge on any atom is -0.442 e. The molecule has 28 heavy (non-hydrogen) atoms. The van der Waals surface area contributed by atoms with Gasteiger partial charge in [0.15, 0.2) is 5.82 Å². The number of amides is 1. The van der Waals surface area contributed by atoms with Crippen LogP contribution in [-0.4, -0.2) is 37.1 Å². The maximum absolute atomic E-state index is 13.4. The number of hydrogen-bond acceptors (Lipinski definition) is 5. The van der Waals surface area contributed by atoms with Crippen molar-refractivity contribution in [1.29, 1.82) is 0 Å². The molecule has 1 atom stereocenters. The fraction of sp³-hybridized carbons (Fsp3) is 0.368. The number of benzene rings is 1. The number of carbonyl (C=O) groups excluding carboxylic acids is 1. The fourth-order valence-corrected chi connectivity index (χ4v) is 3.75. The average Bonchev–Trinajstić information content (AvgIpc) is 3.25. The second-order valence-electron chi connectivity index (χ2n) is 7.19. The summed E-state index contributed by atoms with van der Waals surface area (Å²) in [4.78, 5) is 19.1. The van der Waals surface area contributed by atoms with Gasteiger partial charge in [-0.3, -0.25) is 4.79 Å². The lowest BCUT2D eigenvalue weighted by atomic mass is 10.1. The zero-order valence-corrected chi connectivity index (χ0v) is 15.9. The van der Waals surface area contributed by atoms with Crippen LogP contribution in [0.3, 0.4) is 0 Å². The highest BCUT2D eigenvalue weighted by molar-refractivity contribution is 6.31. The highest BCUT2D eigenvalue weighted by atomic mass is 35.5. The van der Waals surface area contributed by atoms with Gasteiger partial charge in [0, 0.05) is 24.6 Å². The largest absolute Gasteiger partial charge is 0.442 e. The highest BCUT2D eigenvalue weighted by Crippen LogP contribution is 2.40. The van der Waals surface area contributed by atoms with Crippen molar-refractivity contribution in [3.8, 4) is 11.7 Å². The number of fused-ring (bicyclic) bond motifs is 1. The number of nitrogens with zero attached hydrogens (tertiary/aromatic N) is 5. The summed E-state index contributed by atoms with van der Waals surface area (Å²) in [7, 11) is 0. The summed E-state index contributed by atoms with van der Waals surface area (Å²) >= 11 is 5.82. The molecule has 2 aliphatic rings. The third-order valence-corrected chi connectivity index (χ3v) is 5.61. The number of rotatable bonds is 3. The minimum absolute atomic E-state index is 0.0728. The van der Waals surface area contributed by atoms with Gasteiger partial charge >= 0.3 is 0 Å². The maximum Gasteiger partial charge on any atom is 0.265 e. The first kappa shape index (κ1) is 17.4. The molecule has 3 aromatic rings. The van der Waals surface area contributed by atoms with E-state index >= 15 is 0 Å². The lowest BCUT2D eigenvalue weighted by Crippen LogP contribution is -2.41. The minimum atomic E-state index is -0.550. The van der Waals surface area contributed by atoms with Crippen LogP contribution >= 0.6 is 11.6 Å². The van der Waals surface area contributed by atoms with E-state index in [1.807, 2.05) is 11.5 Å². The number of halogens is 2. The summed E-state index contributed by atoms with van der Waals surface area (Å²) in [5.41, 5.74) is 1.30. The molecule has 1 saturated carbocycles. The van der Waals surface area contributed by atoms with Crippen LogP contribution in [0, 0.1) is 5.82 Å². The molecule has 1 aliphatic heterocycles. The molecule has 0 N–H and O–H groups in total. The smallest absolute Gasteiger partial charge is 0.265 e. The molecule has 9 heteroatoms. The molecule has 0 spiro atoms. The first-order chi connectivity index (χ1) is 13.5. The Labute approximate surface area is 165 Å². The molecule has 1 aliphatic carbocycles. The Morgan fingerprint density at radius 1 is 1.29 bits per heavy atom. The van der Waals surface area contributed by atoms with Gasteiger partial charge in [-0.05, 0) is 38.0 Å². The van der Waals surface area contributed by atoms with Gasteiger partial charge in [0.25, 0.3) is 11.8 Å². The molecular weight excluding hydrogens is 385 g/mol. The standard InChI is InChI=1S/C19H17ClFN5O2/c1-10-16-23-24-17(18-22-15(9-28-18)11-2-3-11)26(16)7-6-25(10)19(27)12-4-5-14(21)13(20)8-12/h4-5,8-11H,2-3,6-7H2,1H3. The predicted molar refractivity (Wildman–Crippen MR) is 98.4 cm³/mol. The van der Waals surface area contributed by atoms with E-state index in [0.29, 0.717) is 42.1 Å². The number of aromatic nitrogens is 4. The molecule has 1 amide bonds. The van der Waals surface area contributed by atoms with Gasteiger partial charge in [-0.15, -0.1) is 10.2 Å². The Morgan fingerprint density at radius 3 is 2.86 bits per heavy atom. The summed E-state index contributed by atoms with van der Waals surface area (Å²) in [6, 6.07) is 3.69. The molecule has 2 aromatic heterocycles. The normalized spacial score (nSPS) is 19.0. The van der Waals surface area contributed by atoms with Crippen molar-refractivity contribution in [2.45, 2.75) is 38.3 Å². The summed E-state index contributed by atoms with van der Waals surface area (Å²) in [6.07, 6.45) is 3.98. The third-order valence-electron chi connectivity index (χ3n) is 5.32. The number of hydrogen-bond donors (Lipinski definition) is 0. The van der Waals surface area contributed by atoms with Crippen molar-refractivity contribution in [2.24, 2.45) is 0 Å². The van der Waals surface area contributed by atoms with Crippen LogP contribution in [-0.2, 0) is 6.54 Å². The Kier molecular flexibility index (Phi) is 3.97. The molecule has 1 unspecified atom stereocenters. The van der Waals surface area contributed by atoms with Crippen LogP contribution in [0.25, 0.3) is 11.7 Å². The molecule has 0 bridgehead atoms.